The number of primary amides is 1. The van der Waals surface area contributed by atoms with Crippen LogP contribution in [0.25, 0.3) is 0 Å². The standard InChI is InChI=1S/C9H10N2OS2.Na/c1-6-2-4-7(5-3-6)11(8(10)12)9(13)14;/h2-5H,1H3,(H2,10,12)(H,13,14);/q;+1/p-1. The minimum atomic E-state index is -0.658. The number of benzene rings is 1. The quantitative estimate of drug-likeness (QED) is 0.382. The van der Waals surface area contributed by atoms with Crippen molar-refractivity contribution in [1.82, 2.24) is 0 Å². The number of rotatable bonds is 1. The molecule has 0 aliphatic carbocycles. The Labute approximate surface area is 122 Å². The van der Waals surface area contributed by atoms with Crippen LogP contribution in [0.5, 0.6) is 0 Å². The first-order valence-corrected chi connectivity index (χ1v) is 4.71. The number of carbonyl (C=O) groups is 1. The van der Waals surface area contributed by atoms with Crippen molar-refractivity contribution in [3.05, 3.63) is 29.8 Å². The third-order valence-corrected chi connectivity index (χ3v) is 2.06. The molecule has 0 saturated carbocycles. The number of nitrogens with zero attached hydrogens (tertiary/aromatic N) is 1. The SMILES string of the molecule is Cc1ccc(N(C(N)=O)C(=S)[S-])cc1.[Na+]. The van der Waals surface area contributed by atoms with E-state index in [1.54, 1.807) is 12.1 Å². The largest absolute Gasteiger partial charge is 1.00 e. The smallest absolute Gasteiger partial charge is 0.410 e. The fourth-order valence-electron chi connectivity index (χ4n) is 1.02. The normalized spacial score (nSPS) is 8.87. The van der Waals surface area contributed by atoms with Crippen molar-refractivity contribution in [2.24, 2.45) is 5.73 Å². The molecule has 1 aromatic carbocycles. The summed E-state index contributed by atoms with van der Waals surface area (Å²) in [6.45, 7) is 1.95. The van der Waals surface area contributed by atoms with Crippen LogP contribution in [-0.2, 0) is 12.6 Å². The van der Waals surface area contributed by atoms with Crippen molar-refractivity contribution in [2.75, 3.05) is 4.90 Å². The zero-order valence-corrected chi connectivity index (χ0v) is 12.2. The maximum atomic E-state index is 11.0. The Kier molecular flexibility index (Phi) is 6.31. The number of amides is 2. The van der Waals surface area contributed by atoms with E-state index in [2.05, 4.69) is 0 Å². The number of hydrogen-bond acceptors (Lipinski definition) is 3. The molecule has 1 rings (SSSR count). The maximum absolute atomic E-state index is 11.0. The first kappa shape index (κ1) is 14.8. The summed E-state index contributed by atoms with van der Waals surface area (Å²) in [5, 5.41) is 0. The molecule has 3 nitrogen and oxygen atoms in total. The van der Waals surface area contributed by atoms with Gasteiger partial charge in [0.05, 0.1) is 0 Å². The number of nitrogens with two attached hydrogens (primary N) is 1. The topological polar surface area (TPSA) is 46.3 Å². The van der Waals surface area contributed by atoms with E-state index < -0.39 is 6.03 Å². The van der Waals surface area contributed by atoms with Gasteiger partial charge in [-0.25, -0.2) is 4.79 Å². The summed E-state index contributed by atoms with van der Waals surface area (Å²) in [7, 11) is 0. The number of hydrogen-bond donors (Lipinski definition) is 1. The summed E-state index contributed by atoms with van der Waals surface area (Å²) in [4.78, 5) is 12.1. The van der Waals surface area contributed by atoms with Gasteiger partial charge in [-0.2, -0.15) is 0 Å². The van der Waals surface area contributed by atoms with E-state index >= 15 is 0 Å². The molecule has 0 radical (unpaired) electrons. The fraction of sp³-hybridized carbons (Fsp3) is 0.111. The first-order chi connectivity index (χ1) is 6.52. The van der Waals surface area contributed by atoms with Crippen LogP contribution >= 0.6 is 12.2 Å². The second kappa shape index (κ2) is 6.40. The molecule has 0 aliphatic heterocycles. The second-order valence-corrected chi connectivity index (χ2v) is 3.81. The van der Waals surface area contributed by atoms with E-state index in [1.165, 1.54) is 0 Å². The molecule has 0 aromatic heterocycles. The van der Waals surface area contributed by atoms with Crippen LogP contribution in [0.15, 0.2) is 24.3 Å². The molecule has 6 heteroatoms. The predicted molar refractivity (Wildman–Crippen MR) is 63.2 cm³/mol. The summed E-state index contributed by atoms with van der Waals surface area (Å²) in [6.07, 6.45) is 0. The van der Waals surface area contributed by atoms with E-state index in [4.69, 9.17) is 30.6 Å². The van der Waals surface area contributed by atoms with Crippen molar-refractivity contribution in [3.63, 3.8) is 0 Å². The van der Waals surface area contributed by atoms with Crippen LogP contribution in [-0.4, -0.2) is 10.4 Å². The van der Waals surface area contributed by atoms with Crippen molar-refractivity contribution < 1.29 is 34.4 Å². The number of thiocarbonyl (C=S) groups is 1. The monoisotopic (exact) mass is 248 g/mol. The summed E-state index contributed by atoms with van der Waals surface area (Å²) in [6, 6.07) is 6.56. The van der Waals surface area contributed by atoms with Crippen molar-refractivity contribution in [2.45, 2.75) is 6.92 Å². The molecule has 1 aromatic rings. The molecular formula is C9H9N2NaOS2. The Morgan fingerprint density at radius 1 is 1.40 bits per heavy atom. The molecule has 0 saturated heterocycles. The van der Waals surface area contributed by atoms with E-state index in [-0.39, 0.29) is 33.9 Å². The summed E-state index contributed by atoms with van der Waals surface area (Å²) >= 11 is 9.50. The molecule has 0 atom stereocenters. The third-order valence-electron chi connectivity index (χ3n) is 1.70. The van der Waals surface area contributed by atoms with Gasteiger partial charge in [0.25, 0.3) is 0 Å². The average Bonchev–Trinajstić information content (AvgIpc) is 2.07. The maximum Gasteiger partial charge on any atom is 1.00 e. The van der Waals surface area contributed by atoms with Gasteiger partial charge in [0.15, 0.2) is 0 Å². The van der Waals surface area contributed by atoms with Crippen LogP contribution in [0.3, 0.4) is 0 Å². The molecule has 0 fully saturated rings. The van der Waals surface area contributed by atoms with Gasteiger partial charge in [0, 0.05) is 5.69 Å². The average molecular weight is 248 g/mol. The van der Waals surface area contributed by atoms with Gasteiger partial charge < -0.3 is 30.6 Å². The van der Waals surface area contributed by atoms with Gasteiger partial charge in [-0.1, -0.05) is 17.7 Å². The minimum Gasteiger partial charge on any atom is -0.410 e. The number of aryl methyl sites for hydroxylation is 1. The van der Waals surface area contributed by atoms with Crippen LogP contribution in [0, 0.1) is 6.92 Å². The van der Waals surface area contributed by atoms with E-state index in [0.29, 0.717) is 5.69 Å². The van der Waals surface area contributed by atoms with Gasteiger partial charge in [-0.05, 0) is 23.4 Å². The Morgan fingerprint density at radius 3 is 2.20 bits per heavy atom. The Balaban J connectivity index is 0.00000196. The van der Waals surface area contributed by atoms with Gasteiger partial charge in [0.2, 0.25) is 0 Å². The molecule has 74 valence electrons. The Morgan fingerprint density at radius 2 is 1.87 bits per heavy atom. The van der Waals surface area contributed by atoms with Crippen LogP contribution in [0.2, 0.25) is 0 Å². The molecule has 0 aliphatic rings. The van der Waals surface area contributed by atoms with E-state index in [9.17, 15) is 4.79 Å². The van der Waals surface area contributed by atoms with Crippen LogP contribution in [0.4, 0.5) is 10.5 Å². The summed E-state index contributed by atoms with van der Waals surface area (Å²) in [5.41, 5.74) is 6.83. The molecule has 2 N–H and O–H groups in total. The zero-order valence-electron chi connectivity index (χ0n) is 8.56. The molecule has 0 heterocycles. The van der Waals surface area contributed by atoms with E-state index in [1.807, 2.05) is 19.1 Å². The Bertz CT molecular complexity index is 353. The Hall–Kier alpha value is -0.200. The van der Waals surface area contributed by atoms with E-state index in [0.717, 1.165) is 10.5 Å². The summed E-state index contributed by atoms with van der Waals surface area (Å²) < 4.78 is 0.0290. The minimum absolute atomic E-state index is 0. The van der Waals surface area contributed by atoms with Crippen molar-refractivity contribution in [3.8, 4) is 0 Å². The number of anilines is 1. The number of urea groups is 1. The second-order valence-electron chi connectivity index (χ2n) is 2.78. The molecule has 2 amide bonds. The molecule has 0 unspecified atom stereocenters. The summed E-state index contributed by atoms with van der Waals surface area (Å²) in [5.74, 6) is 0. The van der Waals surface area contributed by atoms with Gasteiger partial charge in [-0.3, -0.25) is 4.90 Å². The zero-order chi connectivity index (χ0) is 10.7. The molecule has 0 spiro atoms. The third kappa shape index (κ3) is 4.04. The molecular weight excluding hydrogens is 239 g/mol. The molecule has 15 heavy (non-hydrogen) atoms. The van der Waals surface area contributed by atoms with Crippen LogP contribution < -0.4 is 40.2 Å². The van der Waals surface area contributed by atoms with Gasteiger partial charge >= 0.3 is 35.6 Å². The van der Waals surface area contributed by atoms with Gasteiger partial charge in [0.1, 0.15) is 0 Å². The van der Waals surface area contributed by atoms with Crippen molar-refractivity contribution in [1.29, 1.82) is 0 Å². The molecule has 0 bridgehead atoms. The fourth-order valence-corrected chi connectivity index (χ4v) is 1.41. The van der Waals surface area contributed by atoms with Crippen molar-refractivity contribution >= 4 is 40.9 Å². The number of carbonyl (C=O) groups excluding carboxylic acids is 1. The van der Waals surface area contributed by atoms with Crippen LogP contribution in [0.1, 0.15) is 5.56 Å². The first-order valence-electron chi connectivity index (χ1n) is 3.89. The predicted octanol–water partition coefficient (Wildman–Crippen LogP) is -1.28. The van der Waals surface area contributed by atoms with Gasteiger partial charge in [-0.15, -0.1) is 0 Å².